The molecule has 7 nitrogen and oxygen atoms in total. The summed E-state index contributed by atoms with van der Waals surface area (Å²) >= 11 is 0. The van der Waals surface area contributed by atoms with Crippen molar-refractivity contribution in [2.45, 2.75) is 32.1 Å². The van der Waals surface area contributed by atoms with Crippen LogP contribution >= 0.6 is 0 Å². The lowest BCUT2D eigenvalue weighted by atomic mass is 9.91. The summed E-state index contributed by atoms with van der Waals surface area (Å²) in [7, 11) is 0. The van der Waals surface area contributed by atoms with Crippen LogP contribution in [0.4, 0.5) is 0 Å². The second-order valence-corrected chi connectivity index (χ2v) is 7.01. The van der Waals surface area contributed by atoms with Crippen LogP contribution in [0.15, 0.2) is 47.3 Å². The lowest BCUT2D eigenvalue weighted by molar-refractivity contribution is -0.116. The first-order valence-corrected chi connectivity index (χ1v) is 9.78. The van der Waals surface area contributed by atoms with E-state index in [1.165, 1.54) is 12.3 Å². The zero-order chi connectivity index (χ0) is 19.6. The highest BCUT2D eigenvalue weighted by Crippen LogP contribution is 2.23. The molecule has 0 spiro atoms. The largest absolute Gasteiger partial charge is 0.459 e. The van der Waals surface area contributed by atoms with Crippen molar-refractivity contribution in [3.8, 4) is 0 Å². The summed E-state index contributed by atoms with van der Waals surface area (Å²) in [6.07, 6.45) is 13.2. The fraction of sp³-hybridized carbons (Fsp3) is 0.429. The van der Waals surface area contributed by atoms with Gasteiger partial charge in [-0.2, -0.15) is 10.2 Å². The maximum Gasteiger partial charge on any atom is 0.289 e. The van der Waals surface area contributed by atoms with E-state index in [2.05, 4.69) is 15.5 Å². The summed E-state index contributed by atoms with van der Waals surface area (Å²) in [5.74, 6) is 0.960. The number of aromatic nitrogens is 2. The average molecular weight is 382 g/mol. The Labute approximate surface area is 164 Å². The zero-order valence-electron chi connectivity index (χ0n) is 15.9. The number of hydrogen-bond donors (Lipinski definition) is 1. The molecule has 0 atom stereocenters. The van der Waals surface area contributed by atoms with Gasteiger partial charge in [0.05, 0.1) is 18.7 Å². The van der Waals surface area contributed by atoms with Gasteiger partial charge in [-0.3, -0.25) is 9.59 Å². The Kier molecular flexibility index (Phi) is 7.35. The van der Waals surface area contributed by atoms with E-state index < -0.39 is 0 Å². The summed E-state index contributed by atoms with van der Waals surface area (Å²) in [4.78, 5) is 25.9. The van der Waals surface area contributed by atoms with Crippen LogP contribution in [0.5, 0.6) is 0 Å². The molecule has 1 aliphatic heterocycles. The molecule has 2 aromatic rings. The molecule has 1 aliphatic rings. The van der Waals surface area contributed by atoms with Crippen molar-refractivity contribution in [2.75, 3.05) is 19.6 Å². The number of amides is 2. The standard InChI is InChI=1S/C21H26N4O3/c26-20(7-6-18-8-12-23-24-16-18)22-11-2-1-4-17-9-13-25(14-10-17)21(27)19-5-3-15-28-19/h3,5-8,12,15-17H,1-2,4,9-11,13-14H2,(H,22,26)/b7-6+. The Morgan fingerprint density at radius 1 is 1.21 bits per heavy atom. The van der Waals surface area contributed by atoms with Crippen molar-refractivity contribution in [1.82, 2.24) is 20.4 Å². The molecule has 0 radical (unpaired) electrons. The van der Waals surface area contributed by atoms with E-state index in [0.717, 1.165) is 50.8 Å². The zero-order valence-corrected chi connectivity index (χ0v) is 15.9. The molecule has 3 heterocycles. The molecule has 0 bridgehead atoms. The van der Waals surface area contributed by atoms with E-state index in [-0.39, 0.29) is 11.8 Å². The minimum atomic E-state index is -0.0958. The van der Waals surface area contributed by atoms with Gasteiger partial charge in [0.25, 0.3) is 5.91 Å². The molecular weight excluding hydrogens is 356 g/mol. The van der Waals surface area contributed by atoms with Crippen molar-refractivity contribution in [1.29, 1.82) is 0 Å². The fourth-order valence-electron chi connectivity index (χ4n) is 3.38. The Morgan fingerprint density at radius 3 is 2.79 bits per heavy atom. The number of carbonyl (C=O) groups is 2. The third-order valence-electron chi connectivity index (χ3n) is 5.01. The van der Waals surface area contributed by atoms with Crippen LogP contribution in [0.25, 0.3) is 6.08 Å². The van der Waals surface area contributed by atoms with Gasteiger partial charge in [-0.25, -0.2) is 0 Å². The normalized spacial score (nSPS) is 15.1. The molecule has 3 rings (SSSR count). The third-order valence-corrected chi connectivity index (χ3v) is 5.01. The van der Waals surface area contributed by atoms with Gasteiger partial charge in [-0.15, -0.1) is 0 Å². The predicted molar refractivity (Wildman–Crippen MR) is 105 cm³/mol. The number of rotatable bonds is 8. The number of likely N-dealkylation sites (tertiary alicyclic amines) is 1. The van der Waals surface area contributed by atoms with Gasteiger partial charge >= 0.3 is 0 Å². The molecule has 28 heavy (non-hydrogen) atoms. The maximum atomic E-state index is 12.3. The van der Waals surface area contributed by atoms with Gasteiger partial charge in [0.2, 0.25) is 5.91 Å². The lowest BCUT2D eigenvalue weighted by Crippen LogP contribution is -2.38. The molecule has 0 unspecified atom stereocenters. The summed E-state index contributed by atoms with van der Waals surface area (Å²) in [5.41, 5.74) is 0.849. The van der Waals surface area contributed by atoms with Crippen LogP contribution in [0.1, 0.15) is 48.2 Å². The minimum Gasteiger partial charge on any atom is -0.459 e. The highest BCUT2D eigenvalue weighted by molar-refractivity contribution is 5.92. The van der Waals surface area contributed by atoms with Gasteiger partial charge in [0.1, 0.15) is 0 Å². The summed E-state index contributed by atoms with van der Waals surface area (Å²) in [6.45, 7) is 2.25. The highest BCUT2D eigenvalue weighted by Gasteiger charge is 2.24. The first kappa shape index (κ1) is 19.8. The topological polar surface area (TPSA) is 88.3 Å². The SMILES string of the molecule is O=C(/C=C/c1ccnnc1)NCCCCC1CCN(C(=O)c2ccco2)CC1. The molecule has 0 saturated carbocycles. The highest BCUT2D eigenvalue weighted by atomic mass is 16.3. The quantitative estimate of drug-likeness (QED) is 0.560. The first-order valence-electron chi connectivity index (χ1n) is 9.78. The number of furan rings is 1. The minimum absolute atomic E-state index is 0.0123. The number of piperidine rings is 1. The Morgan fingerprint density at radius 2 is 2.07 bits per heavy atom. The van der Waals surface area contributed by atoms with Gasteiger partial charge in [-0.1, -0.05) is 12.8 Å². The van der Waals surface area contributed by atoms with Gasteiger partial charge in [-0.05, 0) is 55.0 Å². The van der Waals surface area contributed by atoms with Crippen molar-refractivity contribution >= 4 is 17.9 Å². The molecular formula is C21H26N4O3. The Hall–Kier alpha value is -2.96. The fourth-order valence-corrected chi connectivity index (χ4v) is 3.38. The molecule has 0 aliphatic carbocycles. The average Bonchev–Trinajstić information content (AvgIpc) is 3.28. The molecule has 1 N–H and O–H groups in total. The van der Waals surface area contributed by atoms with Crippen LogP contribution in [-0.2, 0) is 4.79 Å². The number of nitrogens with zero attached hydrogens (tertiary/aromatic N) is 3. The maximum absolute atomic E-state index is 12.3. The van der Waals surface area contributed by atoms with Gasteiger partial charge < -0.3 is 14.6 Å². The second-order valence-electron chi connectivity index (χ2n) is 7.01. The lowest BCUT2D eigenvalue weighted by Gasteiger charge is -2.31. The van der Waals surface area contributed by atoms with E-state index in [9.17, 15) is 9.59 Å². The predicted octanol–water partition coefficient (Wildman–Crippen LogP) is 2.92. The second kappa shape index (κ2) is 10.4. The van der Waals surface area contributed by atoms with Crippen LogP contribution in [-0.4, -0.2) is 46.5 Å². The molecule has 2 amide bonds. The monoisotopic (exact) mass is 382 g/mol. The van der Waals surface area contributed by atoms with Crippen LogP contribution in [0, 0.1) is 5.92 Å². The molecule has 148 valence electrons. The molecule has 2 aromatic heterocycles. The van der Waals surface area contributed by atoms with E-state index in [1.54, 1.807) is 36.7 Å². The molecule has 1 fully saturated rings. The van der Waals surface area contributed by atoms with Crippen molar-refractivity contribution in [3.63, 3.8) is 0 Å². The van der Waals surface area contributed by atoms with Crippen LogP contribution in [0.3, 0.4) is 0 Å². The van der Waals surface area contributed by atoms with Gasteiger partial charge in [0.15, 0.2) is 5.76 Å². The van der Waals surface area contributed by atoms with E-state index >= 15 is 0 Å². The van der Waals surface area contributed by atoms with Gasteiger partial charge in [0, 0.05) is 25.7 Å². The van der Waals surface area contributed by atoms with E-state index in [4.69, 9.17) is 4.42 Å². The molecule has 0 aromatic carbocycles. The molecule has 1 saturated heterocycles. The van der Waals surface area contributed by atoms with E-state index in [0.29, 0.717) is 18.2 Å². The Balaban J connectivity index is 1.26. The third kappa shape index (κ3) is 6.04. The van der Waals surface area contributed by atoms with Crippen molar-refractivity contribution < 1.29 is 14.0 Å². The number of hydrogen-bond acceptors (Lipinski definition) is 5. The van der Waals surface area contributed by atoms with Crippen molar-refractivity contribution in [3.05, 3.63) is 54.3 Å². The summed E-state index contributed by atoms with van der Waals surface area (Å²) < 4.78 is 5.19. The van der Waals surface area contributed by atoms with Crippen molar-refractivity contribution in [2.24, 2.45) is 5.92 Å². The molecule has 7 heteroatoms. The number of carbonyl (C=O) groups excluding carboxylic acids is 2. The van der Waals surface area contributed by atoms with E-state index in [1.807, 2.05) is 4.90 Å². The number of nitrogens with one attached hydrogen (secondary N) is 1. The first-order chi connectivity index (χ1) is 13.7. The smallest absolute Gasteiger partial charge is 0.289 e. The van der Waals surface area contributed by atoms with Crippen LogP contribution < -0.4 is 5.32 Å². The summed E-state index contributed by atoms with van der Waals surface area (Å²) in [6, 6.07) is 5.25. The number of unbranched alkanes of at least 4 members (excludes halogenated alkanes) is 1. The van der Waals surface area contributed by atoms with Crippen LogP contribution in [0.2, 0.25) is 0 Å². The Bertz CT molecular complexity index is 766. The summed E-state index contributed by atoms with van der Waals surface area (Å²) in [5, 5.41) is 10.4.